The van der Waals surface area contributed by atoms with Crippen molar-refractivity contribution in [2.75, 3.05) is 6.61 Å². The van der Waals surface area contributed by atoms with Crippen LogP contribution in [0.2, 0.25) is 0 Å². The van der Waals surface area contributed by atoms with Crippen LogP contribution < -0.4 is 0 Å². The summed E-state index contributed by atoms with van der Waals surface area (Å²) in [6.07, 6.45) is 4.19. The van der Waals surface area contributed by atoms with Gasteiger partial charge in [-0.05, 0) is 30.4 Å². The molecule has 1 unspecified atom stereocenters. The van der Waals surface area contributed by atoms with Gasteiger partial charge in [0.25, 0.3) is 0 Å². The van der Waals surface area contributed by atoms with E-state index in [9.17, 15) is 5.11 Å². The second-order valence-electron chi connectivity index (χ2n) is 5.11. The van der Waals surface area contributed by atoms with Crippen LogP contribution >= 0.6 is 11.3 Å². The molecular weight excluding hydrogens is 242 g/mol. The number of thiazole rings is 1. The van der Waals surface area contributed by atoms with Gasteiger partial charge in [-0.3, -0.25) is 0 Å². The zero-order chi connectivity index (χ0) is 12.4. The predicted molar refractivity (Wildman–Crippen MR) is 74.0 cm³/mol. The summed E-state index contributed by atoms with van der Waals surface area (Å²) in [6, 6.07) is 8.54. The molecule has 0 amide bonds. The number of nitrogens with zero attached hydrogens (tertiary/aromatic N) is 1. The Labute approximate surface area is 111 Å². The highest BCUT2D eigenvalue weighted by atomic mass is 32.1. The number of aliphatic hydroxyl groups excluding tert-OH is 1. The molecule has 18 heavy (non-hydrogen) atoms. The van der Waals surface area contributed by atoms with Crippen molar-refractivity contribution in [3.05, 3.63) is 52.0 Å². The molecular formula is C15H17NOS. The fourth-order valence-corrected chi connectivity index (χ4v) is 3.64. The highest BCUT2D eigenvalue weighted by Gasteiger charge is 2.36. The summed E-state index contributed by atoms with van der Waals surface area (Å²) >= 11 is 1.63. The van der Waals surface area contributed by atoms with E-state index < -0.39 is 0 Å². The van der Waals surface area contributed by atoms with Gasteiger partial charge in [0.05, 0.1) is 17.8 Å². The van der Waals surface area contributed by atoms with Gasteiger partial charge in [0, 0.05) is 17.2 Å². The average molecular weight is 259 g/mol. The molecule has 1 aromatic heterocycles. The molecule has 3 heteroatoms. The Morgan fingerprint density at radius 3 is 3.00 bits per heavy atom. The number of benzene rings is 1. The first kappa shape index (κ1) is 11.9. The smallest absolute Gasteiger partial charge is 0.0794 e. The molecule has 1 atom stereocenters. The molecule has 2 nitrogen and oxygen atoms in total. The monoisotopic (exact) mass is 259 g/mol. The zero-order valence-corrected chi connectivity index (χ0v) is 11.1. The van der Waals surface area contributed by atoms with Crippen LogP contribution in [0.3, 0.4) is 0 Å². The van der Waals surface area contributed by atoms with Gasteiger partial charge in [0.15, 0.2) is 0 Å². The van der Waals surface area contributed by atoms with Crippen molar-refractivity contribution in [3.63, 3.8) is 0 Å². The van der Waals surface area contributed by atoms with E-state index >= 15 is 0 Å². The molecule has 1 aliphatic rings. The summed E-state index contributed by atoms with van der Waals surface area (Å²) in [5, 5.41) is 12.1. The Balaban J connectivity index is 2.02. The zero-order valence-electron chi connectivity index (χ0n) is 10.3. The van der Waals surface area contributed by atoms with E-state index in [0.717, 1.165) is 31.4 Å². The van der Waals surface area contributed by atoms with E-state index in [2.05, 4.69) is 34.6 Å². The summed E-state index contributed by atoms with van der Waals surface area (Å²) in [4.78, 5) is 4.38. The summed E-state index contributed by atoms with van der Waals surface area (Å²) in [6.45, 7) is 0.210. The largest absolute Gasteiger partial charge is 0.395 e. The fraction of sp³-hybridized carbons (Fsp3) is 0.400. The van der Waals surface area contributed by atoms with Gasteiger partial charge in [-0.1, -0.05) is 24.3 Å². The Kier molecular flexibility index (Phi) is 3.18. The molecule has 0 radical (unpaired) electrons. The van der Waals surface area contributed by atoms with Gasteiger partial charge in [-0.2, -0.15) is 0 Å². The van der Waals surface area contributed by atoms with E-state index in [1.807, 2.05) is 5.51 Å². The van der Waals surface area contributed by atoms with E-state index in [4.69, 9.17) is 0 Å². The quantitative estimate of drug-likeness (QED) is 0.919. The van der Waals surface area contributed by atoms with Crippen LogP contribution in [-0.2, 0) is 18.3 Å². The summed E-state index contributed by atoms with van der Waals surface area (Å²) in [5.41, 5.74) is 5.57. The van der Waals surface area contributed by atoms with Crippen molar-refractivity contribution in [1.29, 1.82) is 0 Å². The van der Waals surface area contributed by atoms with E-state index in [1.54, 1.807) is 11.3 Å². The van der Waals surface area contributed by atoms with Crippen LogP contribution in [-0.4, -0.2) is 16.7 Å². The summed E-state index contributed by atoms with van der Waals surface area (Å²) < 4.78 is 0. The highest BCUT2D eigenvalue weighted by Crippen LogP contribution is 2.39. The van der Waals surface area contributed by atoms with E-state index in [1.165, 1.54) is 11.1 Å². The van der Waals surface area contributed by atoms with Crippen molar-refractivity contribution in [2.45, 2.75) is 31.1 Å². The van der Waals surface area contributed by atoms with Crippen LogP contribution in [0.25, 0.3) is 0 Å². The number of aromatic nitrogens is 1. The number of hydrogen-bond acceptors (Lipinski definition) is 3. The first-order chi connectivity index (χ1) is 8.84. The van der Waals surface area contributed by atoms with Crippen molar-refractivity contribution in [3.8, 4) is 0 Å². The van der Waals surface area contributed by atoms with E-state index in [-0.39, 0.29) is 12.0 Å². The Hall–Kier alpha value is -1.19. The van der Waals surface area contributed by atoms with Crippen LogP contribution in [0.15, 0.2) is 35.2 Å². The third-order valence-electron chi connectivity index (χ3n) is 4.00. The minimum absolute atomic E-state index is 0.122. The molecule has 1 aromatic carbocycles. The fourth-order valence-electron chi connectivity index (χ4n) is 3.08. The van der Waals surface area contributed by atoms with Crippen LogP contribution in [0.5, 0.6) is 0 Å². The SMILES string of the molecule is OCC1(Cc2cscn2)CCCc2ccccc21. The number of aliphatic hydroxyl groups is 1. The predicted octanol–water partition coefficient (Wildman–Crippen LogP) is 2.95. The second kappa shape index (κ2) is 4.82. The van der Waals surface area contributed by atoms with Gasteiger partial charge in [0.1, 0.15) is 0 Å². The normalized spacial score (nSPS) is 22.7. The first-order valence-electron chi connectivity index (χ1n) is 6.40. The Bertz CT molecular complexity index is 523. The summed E-state index contributed by atoms with van der Waals surface area (Å²) in [5.74, 6) is 0. The number of aryl methyl sites for hydroxylation is 1. The number of rotatable bonds is 3. The Morgan fingerprint density at radius 1 is 1.33 bits per heavy atom. The van der Waals surface area contributed by atoms with Crippen LogP contribution in [0.4, 0.5) is 0 Å². The van der Waals surface area contributed by atoms with Crippen molar-refractivity contribution >= 4 is 11.3 Å². The van der Waals surface area contributed by atoms with Crippen molar-refractivity contribution in [2.24, 2.45) is 0 Å². The lowest BCUT2D eigenvalue weighted by Crippen LogP contribution is -2.37. The number of fused-ring (bicyclic) bond motifs is 1. The topological polar surface area (TPSA) is 33.1 Å². The first-order valence-corrected chi connectivity index (χ1v) is 7.35. The maximum absolute atomic E-state index is 9.96. The lowest BCUT2D eigenvalue weighted by molar-refractivity contribution is 0.172. The van der Waals surface area contributed by atoms with Crippen LogP contribution in [0.1, 0.15) is 29.7 Å². The summed E-state index contributed by atoms with van der Waals surface area (Å²) in [7, 11) is 0. The second-order valence-corrected chi connectivity index (χ2v) is 5.82. The maximum Gasteiger partial charge on any atom is 0.0794 e. The van der Waals surface area contributed by atoms with Gasteiger partial charge >= 0.3 is 0 Å². The van der Waals surface area contributed by atoms with Gasteiger partial charge in [0.2, 0.25) is 0 Å². The molecule has 1 N–H and O–H groups in total. The van der Waals surface area contributed by atoms with Gasteiger partial charge < -0.3 is 5.11 Å². The van der Waals surface area contributed by atoms with Crippen molar-refractivity contribution < 1.29 is 5.11 Å². The van der Waals surface area contributed by atoms with Crippen molar-refractivity contribution in [1.82, 2.24) is 4.98 Å². The molecule has 0 spiro atoms. The lowest BCUT2D eigenvalue weighted by atomic mass is 9.68. The number of hydrogen-bond donors (Lipinski definition) is 1. The molecule has 0 saturated heterocycles. The third kappa shape index (κ3) is 1.98. The van der Waals surface area contributed by atoms with Gasteiger partial charge in [-0.25, -0.2) is 4.98 Å². The standard InChI is InChI=1S/C15H17NOS/c17-10-15(8-13-9-18-11-16-13)7-3-5-12-4-1-2-6-14(12)15/h1-2,4,6,9,11,17H,3,5,7-8,10H2. The molecule has 2 aromatic rings. The molecule has 0 saturated carbocycles. The lowest BCUT2D eigenvalue weighted by Gasteiger charge is -2.37. The minimum atomic E-state index is -0.122. The highest BCUT2D eigenvalue weighted by molar-refractivity contribution is 7.07. The van der Waals surface area contributed by atoms with Crippen LogP contribution in [0, 0.1) is 0 Å². The molecule has 3 rings (SSSR count). The molecule has 1 heterocycles. The average Bonchev–Trinajstić information content (AvgIpc) is 2.92. The molecule has 0 bridgehead atoms. The molecule has 1 aliphatic carbocycles. The molecule has 0 aliphatic heterocycles. The van der Waals surface area contributed by atoms with Gasteiger partial charge in [-0.15, -0.1) is 11.3 Å². The third-order valence-corrected chi connectivity index (χ3v) is 4.63. The molecule has 94 valence electrons. The minimum Gasteiger partial charge on any atom is -0.395 e. The maximum atomic E-state index is 9.96. The van der Waals surface area contributed by atoms with E-state index in [0.29, 0.717) is 0 Å². The molecule has 0 fully saturated rings. The Morgan fingerprint density at radius 2 is 2.22 bits per heavy atom.